The van der Waals surface area contributed by atoms with Gasteiger partial charge in [0.05, 0.1) is 13.2 Å². The summed E-state index contributed by atoms with van der Waals surface area (Å²) in [6.07, 6.45) is 41.4. The van der Waals surface area contributed by atoms with Gasteiger partial charge in [-0.15, -0.1) is 0 Å². The summed E-state index contributed by atoms with van der Waals surface area (Å²) in [4.78, 5) is 12.1. The lowest BCUT2D eigenvalue weighted by atomic mass is 10.0. The predicted octanol–water partition coefficient (Wildman–Crippen LogP) is 12.4. The van der Waals surface area contributed by atoms with E-state index in [2.05, 4.69) is 13.8 Å². The third-order valence-electron chi connectivity index (χ3n) is 8.93. The number of unbranched alkanes of at least 4 members (excludes halogenated alkanes) is 29. The van der Waals surface area contributed by atoms with Gasteiger partial charge in [0.1, 0.15) is 6.10 Å². The highest BCUT2D eigenvalue weighted by Crippen LogP contribution is 2.15. The summed E-state index contributed by atoms with van der Waals surface area (Å²) in [5.74, 6) is -0.195. The van der Waals surface area contributed by atoms with Crippen molar-refractivity contribution in [3.8, 4) is 0 Å². The Morgan fingerprint density at radius 1 is 0.465 bits per heavy atom. The SMILES string of the molecule is CCCCCCCCCCCCCCCCCCOC[C@H](CO)OC(=O)CCCCCCCCCCCCCCCCC. The molecule has 0 aliphatic rings. The van der Waals surface area contributed by atoms with E-state index in [1.165, 1.54) is 180 Å². The number of carbonyl (C=O) groups excluding carboxylic acids is 1. The Bertz CT molecular complexity index is 523. The molecule has 258 valence electrons. The van der Waals surface area contributed by atoms with Crippen LogP contribution >= 0.6 is 0 Å². The molecule has 0 aromatic heterocycles. The number of ether oxygens (including phenoxy) is 2. The van der Waals surface area contributed by atoms with E-state index < -0.39 is 6.10 Å². The van der Waals surface area contributed by atoms with Crippen molar-refractivity contribution in [2.45, 2.75) is 225 Å². The molecule has 0 aliphatic heterocycles. The van der Waals surface area contributed by atoms with Gasteiger partial charge in [0.2, 0.25) is 0 Å². The highest BCUT2D eigenvalue weighted by atomic mass is 16.6. The van der Waals surface area contributed by atoms with Crippen molar-refractivity contribution >= 4 is 5.97 Å². The van der Waals surface area contributed by atoms with Crippen molar-refractivity contribution in [3.63, 3.8) is 0 Å². The van der Waals surface area contributed by atoms with Gasteiger partial charge in [0, 0.05) is 13.0 Å². The Hall–Kier alpha value is -0.610. The van der Waals surface area contributed by atoms with E-state index in [1.807, 2.05) is 0 Å². The molecule has 1 N–H and O–H groups in total. The summed E-state index contributed by atoms with van der Waals surface area (Å²) in [6, 6.07) is 0. The van der Waals surface area contributed by atoms with E-state index in [-0.39, 0.29) is 12.6 Å². The molecular formula is C39H78O4. The Morgan fingerprint density at radius 2 is 0.767 bits per heavy atom. The summed E-state index contributed by atoms with van der Waals surface area (Å²) in [5.41, 5.74) is 0. The van der Waals surface area contributed by atoms with Crippen LogP contribution in [-0.4, -0.2) is 37.0 Å². The predicted molar refractivity (Wildman–Crippen MR) is 187 cm³/mol. The summed E-state index contributed by atoms with van der Waals surface area (Å²) in [5, 5.41) is 9.57. The highest BCUT2D eigenvalue weighted by molar-refractivity contribution is 5.69. The second-order valence-electron chi connectivity index (χ2n) is 13.4. The second kappa shape index (κ2) is 37.6. The molecule has 0 heterocycles. The van der Waals surface area contributed by atoms with E-state index in [9.17, 15) is 9.90 Å². The number of hydrogen-bond acceptors (Lipinski definition) is 4. The van der Waals surface area contributed by atoms with E-state index in [0.717, 1.165) is 19.3 Å². The van der Waals surface area contributed by atoms with Crippen LogP contribution in [-0.2, 0) is 14.3 Å². The van der Waals surface area contributed by atoms with Crippen LogP contribution in [0.15, 0.2) is 0 Å². The molecule has 43 heavy (non-hydrogen) atoms. The first-order chi connectivity index (χ1) is 21.2. The molecule has 0 aliphatic carbocycles. The van der Waals surface area contributed by atoms with Gasteiger partial charge in [-0.25, -0.2) is 0 Å². The number of esters is 1. The van der Waals surface area contributed by atoms with Gasteiger partial charge >= 0.3 is 5.97 Å². The number of rotatable bonds is 37. The maximum Gasteiger partial charge on any atom is 0.306 e. The molecule has 0 bridgehead atoms. The van der Waals surface area contributed by atoms with Gasteiger partial charge in [-0.3, -0.25) is 4.79 Å². The zero-order valence-corrected chi connectivity index (χ0v) is 29.5. The second-order valence-corrected chi connectivity index (χ2v) is 13.4. The third-order valence-corrected chi connectivity index (χ3v) is 8.93. The smallest absolute Gasteiger partial charge is 0.306 e. The summed E-state index contributed by atoms with van der Waals surface area (Å²) in [6.45, 7) is 5.39. The fourth-order valence-corrected chi connectivity index (χ4v) is 5.98. The van der Waals surface area contributed by atoms with Crippen molar-refractivity contribution in [3.05, 3.63) is 0 Å². The Kier molecular flexibility index (Phi) is 37.0. The van der Waals surface area contributed by atoms with Gasteiger partial charge in [0.15, 0.2) is 0 Å². The number of aliphatic hydroxyl groups excluding tert-OH is 1. The Morgan fingerprint density at radius 3 is 1.09 bits per heavy atom. The normalized spacial score (nSPS) is 12.2. The van der Waals surface area contributed by atoms with Crippen LogP contribution in [0.2, 0.25) is 0 Å². The fraction of sp³-hybridized carbons (Fsp3) is 0.974. The largest absolute Gasteiger partial charge is 0.457 e. The summed E-state index contributed by atoms with van der Waals surface area (Å²) < 4.78 is 11.1. The van der Waals surface area contributed by atoms with Crippen LogP contribution < -0.4 is 0 Å². The minimum atomic E-state index is -0.523. The molecule has 0 spiro atoms. The highest BCUT2D eigenvalue weighted by Gasteiger charge is 2.13. The zero-order valence-electron chi connectivity index (χ0n) is 29.5. The van der Waals surface area contributed by atoms with Gasteiger partial charge < -0.3 is 14.6 Å². The molecule has 4 heteroatoms. The zero-order chi connectivity index (χ0) is 31.3. The summed E-state index contributed by atoms with van der Waals surface area (Å²) in [7, 11) is 0. The standard InChI is InChI=1S/C39H78O4/c1-3-5-7-9-11-13-15-17-19-21-23-25-27-29-31-33-35-42-37-38(36-40)43-39(41)34-32-30-28-26-24-22-20-18-16-14-12-10-8-6-4-2/h38,40H,3-37H2,1-2H3/t38-/m0/s1. The van der Waals surface area contributed by atoms with Gasteiger partial charge in [-0.1, -0.05) is 200 Å². The summed E-state index contributed by atoms with van der Waals surface area (Å²) >= 11 is 0. The van der Waals surface area contributed by atoms with E-state index >= 15 is 0 Å². The number of aliphatic hydroxyl groups is 1. The van der Waals surface area contributed by atoms with E-state index in [0.29, 0.717) is 19.6 Å². The van der Waals surface area contributed by atoms with Crippen LogP contribution in [0.3, 0.4) is 0 Å². The molecule has 0 aromatic carbocycles. The van der Waals surface area contributed by atoms with Crippen LogP contribution in [0.1, 0.15) is 219 Å². The molecule has 1 atom stereocenters. The van der Waals surface area contributed by atoms with Gasteiger partial charge in [0.25, 0.3) is 0 Å². The quantitative estimate of drug-likeness (QED) is 0.0561. The van der Waals surface area contributed by atoms with Gasteiger partial charge in [-0.05, 0) is 12.8 Å². The molecule has 0 saturated heterocycles. The molecule has 0 amide bonds. The van der Waals surface area contributed by atoms with E-state index in [4.69, 9.17) is 9.47 Å². The minimum absolute atomic E-state index is 0.163. The Balaban J connectivity index is 3.37. The topological polar surface area (TPSA) is 55.8 Å². The first-order valence-corrected chi connectivity index (χ1v) is 19.6. The molecule has 0 saturated carbocycles. The van der Waals surface area contributed by atoms with Crippen molar-refractivity contribution in [2.24, 2.45) is 0 Å². The molecule has 4 nitrogen and oxygen atoms in total. The Labute approximate surface area is 270 Å². The van der Waals surface area contributed by atoms with Crippen molar-refractivity contribution in [2.75, 3.05) is 19.8 Å². The number of hydrogen-bond donors (Lipinski definition) is 1. The lowest BCUT2D eigenvalue weighted by molar-refractivity contribution is -0.154. The van der Waals surface area contributed by atoms with Crippen molar-refractivity contribution in [1.29, 1.82) is 0 Å². The first-order valence-electron chi connectivity index (χ1n) is 19.6. The van der Waals surface area contributed by atoms with Crippen LogP contribution in [0.25, 0.3) is 0 Å². The maximum absolute atomic E-state index is 12.1. The monoisotopic (exact) mass is 611 g/mol. The van der Waals surface area contributed by atoms with Crippen molar-refractivity contribution < 1.29 is 19.4 Å². The fourth-order valence-electron chi connectivity index (χ4n) is 5.98. The van der Waals surface area contributed by atoms with Crippen LogP contribution in [0.5, 0.6) is 0 Å². The first kappa shape index (κ1) is 42.4. The lowest BCUT2D eigenvalue weighted by Crippen LogP contribution is -2.27. The average Bonchev–Trinajstić information content (AvgIpc) is 3.01. The van der Waals surface area contributed by atoms with Crippen LogP contribution in [0, 0.1) is 0 Å². The maximum atomic E-state index is 12.1. The minimum Gasteiger partial charge on any atom is -0.457 e. The molecule has 0 aromatic rings. The molecule has 0 radical (unpaired) electrons. The lowest BCUT2D eigenvalue weighted by Gasteiger charge is -2.16. The molecular weight excluding hydrogens is 532 g/mol. The molecule has 0 fully saturated rings. The van der Waals surface area contributed by atoms with Crippen LogP contribution in [0.4, 0.5) is 0 Å². The van der Waals surface area contributed by atoms with E-state index in [1.54, 1.807) is 0 Å². The number of carbonyl (C=O) groups is 1. The average molecular weight is 611 g/mol. The van der Waals surface area contributed by atoms with Gasteiger partial charge in [-0.2, -0.15) is 0 Å². The van der Waals surface area contributed by atoms with Crippen molar-refractivity contribution in [1.82, 2.24) is 0 Å². The molecule has 0 unspecified atom stereocenters. The molecule has 0 rings (SSSR count). The third kappa shape index (κ3) is 35.7.